The van der Waals surface area contributed by atoms with Gasteiger partial charge < -0.3 is 10.2 Å². The molecule has 128 valence electrons. The Morgan fingerprint density at radius 3 is 2.52 bits per heavy atom. The topological polar surface area (TPSA) is 57.5 Å². The van der Waals surface area contributed by atoms with E-state index in [2.05, 4.69) is 13.5 Å². The zero-order valence-corrected chi connectivity index (χ0v) is 14.5. The lowest BCUT2D eigenvalue weighted by atomic mass is 9.41. The number of fused-ring (bicyclic) bond motifs is 3. The van der Waals surface area contributed by atoms with Gasteiger partial charge in [-0.05, 0) is 86.5 Å². The summed E-state index contributed by atoms with van der Waals surface area (Å²) < 4.78 is 0. The van der Waals surface area contributed by atoms with E-state index in [1.54, 1.807) is 0 Å². The minimum absolute atomic E-state index is 0.107. The number of carboxylic acids is 1. The highest BCUT2D eigenvalue weighted by Crippen LogP contribution is 2.72. The molecule has 1 spiro atoms. The Morgan fingerprint density at radius 2 is 1.83 bits per heavy atom. The summed E-state index contributed by atoms with van der Waals surface area (Å²) in [6.07, 6.45) is 8.75. The molecule has 4 aliphatic rings. The van der Waals surface area contributed by atoms with Crippen LogP contribution in [0.25, 0.3) is 0 Å². The fourth-order valence-electron chi connectivity index (χ4n) is 7.61. The maximum absolute atomic E-state index is 12.0. The van der Waals surface area contributed by atoms with Crippen LogP contribution in [0.3, 0.4) is 0 Å². The maximum Gasteiger partial charge on any atom is 0.309 e. The summed E-state index contributed by atoms with van der Waals surface area (Å²) in [5.74, 6) is 0.219. The van der Waals surface area contributed by atoms with Crippen molar-refractivity contribution in [2.45, 2.75) is 77.2 Å². The van der Waals surface area contributed by atoms with Crippen LogP contribution >= 0.6 is 0 Å². The van der Waals surface area contributed by atoms with Gasteiger partial charge in [0.05, 0.1) is 11.0 Å². The summed E-state index contributed by atoms with van der Waals surface area (Å²) in [5.41, 5.74) is 0.128. The third-order valence-electron chi connectivity index (χ3n) is 8.65. The van der Waals surface area contributed by atoms with Crippen LogP contribution in [0.15, 0.2) is 12.2 Å². The molecule has 0 amide bonds. The molecular weight excluding hydrogens is 288 g/mol. The van der Waals surface area contributed by atoms with Crippen LogP contribution in [0.1, 0.15) is 71.6 Å². The zero-order chi connectivity index (χ0) is 16.7. The first-order chi connectivity index (χ1) is 10.7. The van der Waals surface area contributed by atoms with Crippen molar-refractivity contribution in [2.75, 3.05) is 0 Å². The Morgan fingerprint density at radius 1 is 1.13 bits per heavy atom. The van der Waals surface area contributed by atoms with Gasteiger partial charge in [0.2, 0.25) is 0 Å². The normalized spacial score (nSPS) is 55.2. The molecular formula is C20H30O3. The summed E-state index contributed by atoms with van der Waals surface area (Å²) in [7, 11) is 0. The van der Waals surface area contributed by atoms with Gasteiger partial charge in [-0.3, -0.25) is 4.79 Å². The average molecular weight is 318 g/mol. The Bertz CT molecular complexity index is 583. The summed E-state index contributed by atoms with van der Waals surface area (Å²) in [4.78, 5) is 12.0. The number of aliphatic carboxylic acids is 1. The second-order valence-corrected chi connectivity index (χ2v) is 9.62. The molecule has 3 nitrogen and oxygen atoms in total. The van der Waals surface area contributed by atoms with Gasteiger partial charge in [-0.25, -0.2) is 0 Å². The van der Waals surface area contributed by atoms with Gasteiger partial charge in [-0.1, -0.05) is 19.9 Å². The van der Waals surface area contributed by atoms with E-state index in [4.69, 9.17) is 0 Å². The molecule has 0 aliphatic heterocycles. The SMILES string of the molecule is C=C1CC23CCC4[C@](C)(C(=O)O)CCC[C@@]4(C)[C@@H]2CC[C@]1(O)C3. The van der Waals surface area contributed by atoms with Crippen molar-refractivity contribution in [2.24, 2.45) is 28.1 Å². The van der Waals surface area contributed by atoms with Crippen LogP contribution in [0.4, 0.5) is 0 Å². The number of aliphatic hydroxyl groups is 1. The Labute approximate surface area is 139 Å². The number of hydrogen-bond acceptors (Lipinski definition) is 2. The fraction of sp³-hybridized carbons (Fsp3) is 0.850. The molecule has 2 N–H and O–H groups in total. The lowest BCUT2D eigenvalue weighted by molar-refractivity contribution is -0.186. The van der Waals surface area contributed by atoms with Crippen LogP contribution in [0, 0.1) is 28.1 Å². The van der Waals surface area contributed by atoms with E-state index >= 15 is 0 Å². The molecule has 0 aromatic rings. The van der Waals surface area contributed by atoms with Crippen LogP contribution in [0.2, 0.25) is 0 Å². The smallest absolute Gasteiger partial charge is 0.309 e. The molecule has 23 heavy (non-hydrogen) atoms. The van der Waals surface area contributed by atoms with Crippen molar-refractivity contribution in [3.05, 3.63) is 12.2 Å². The zero-order valence-electron chi connectivity index (χ0n) is 14.5. The minimum atomic E-state index is -0.634. The number of hydrogen-bond donors (Lipinski definition) is 2. The Kier molecular flexibility index (Phi) is 3.01. The van der Waals surface area contributed by atoms with Gasteiger partial charge in [-0.2, -0.15) is 0 Å². The molecule has 4 rings (SSSR count). The van der Waals surface area contributed by atoms with Gasteiger partial charge in [0.25, 0.3) is 0 Å². The van der Waals surface area contributed by atoms with Crippen molar-refractivity contribution in [3.63, 3.8) is 0 Å². The largest absolute Gasteiger partial charge is 0.481 e. The Hall–Kier alpha value is -0.830. The second kappa shape index (κ2) is 4.41. The summed E-state index contributed by atoms with van der Waals surface area (Å²) >= 11 is 0. The van der Waals surface area contributed by atoms with Gasteiger partial charge >= 0.3 is 5.97 Å². The van der Waals surface area contributed by atoms with Crippen molar-refractivity contribution < 1.29 is 15.0 Å². The second-order valence-electron chi connectivity index (χ2n) is 9.62. The van der Waals surface area contributed by atoms with E-state index in [0.717, 1.165) is 63.4 Å². The lowest BCUT2D eigenvalue weighted by Crippen LogP contribution is -2.59. The first-order valence-electron chi connectivity index (χ1n) is 9.30. The molecule has 4 aliphatic carbocycles. The third-order valence-corrected chi connectivity index (χ3v) is 8.65. The van der Waals surface area contributed by atoms with Crippen molar-refractivity contribution in [1.82, 2.24) is 0 Å². The van der Waals surface area contributed by atoms with E-state index in [0.29, 0.717) is 5.92 Å². The molecule has 3 heteroatoms. The molecule has 2 unspecified atom stereocenters. The standard InChI is InChI=1S/C20H30O3/c1-13-11-19-9-5-14-17(2,7-4-8-18(14,3)16(21)22)15(19)6-10-20(13,23)12-19/h14-15,23H,1,4-12H2,2-3H3,(H,21,22)/t14?,15-,17+,18+,19?,20-/m0/s1. The first-order valence-corrected chi connectivity index (χ1v) is 9.30. The molecule has 2 bridgehead atoms. The van der Waals surface area contributed by atoms with Crippen molar-refractivity contribution >= 4 is 5.97 Å². The summed E-state index contributed by atoms with van der Waals surface area (Å²) in [6, 6.07) is 0. The van der Waals surface area contributed by atoms with Crippen LogP contribution < -0.4 is 0 Å². The first kappa shape index (κ1) is 15.7. The molecule has 4 fully saturated rings. The highest BCUT2D eigenvalue weighted by Gasteiger charge is 2.67. The van der Waals surface area contributed by atoms with Crippen molar-refractivity contribution in [1.29, 1.82) is 0 Å². The van der Waals surface area contributed by atoms with E-state index in [-0.39, 0.29) is 16.7 Å². The molecule has 0 saturated heterocycles. The quantitative estimate of drug-likeness (QED) is 0.714. The maximum atomic E-state index is 12.0. The summed E-state index contributed by atoms with van der Waals surface area (Å²) in [6.45, 7) is 8.55. The highest BCUT2D eigenvalue weighted by molar-refractivity contribution is 5.75. The van der Waals surface area contributed by atoms with Gasteiger partial charge in [0.1, 0.15) is 0 Å². The summed E-state index contributed by atoms with van der Waals surface area (Å²) in [5, 5.41) is 20.8. The Balaban J connectivity index is 1.76. The number of carboxylic acid groups (broad SMARTS) is 1. The molecule has 0 heterocycles. The molecule has 0 aromatic heterocycles. The van der Waals surface area contributed by atoms with E-state index in [1.807, 2.05) is 6.92 Å². The van der Waals surface area contributed by atoms with Crippen LogP contribution in [-0.4, -0.2) is 21.8 Å². The predicted molar refractivity (Wildman–Crippen MR) is 88.9 cm³/mol. The van der Waals surface area contributed by atoms with Crippen LogP contribution in [-0.2, 0) is 4.79 Å². The van der Waals surface area contributed by atoms with Gasteiger partial charge in [-0.15, -0.1) is 0 Å². The molecule has 0 aromatic carbocycles. The van der Waals surface area contributed by atoms with Gasteiger partial charge in [0.15, 0.2) is 0 Å². The average Bonchev–Trinajstić information content (AvgIpc) is 2.63. The van der Waals surface area contributed by atoms with Crippen molar-refractivity contribution in [3.8, 4) is 0 Å². The molecule has 6 atom stereocenters. The monoisotopic (exact) mass is 318 g/mol. The molecule has 4 saturated carbocycles. The van der Waals surface area contributed by atoms with E-state index < -0.39 is 17.0 Å². The minimum Gasteiger partial charge on any atom is -0.481 e. The fourth-order valence-corrected chi connectivity index (χ4v) is 7.61. The number of rotatable bonds is 1. The van der Waals surface area contributed by atoms with E-state index in [1.165, 1.54) is 0 Å². The molecule has 0 radical (unpaired) electrons. The number of carbonyl (C=O) groups is 1. The highest BCUT2D eigenvalue weighted by atomic mass is 16.4. The lowest BCUT2D eigenvalue weighted by Gasteiger charge is -2.63. The van der Waals surface area contributed by atoms with E-state index in [9.17, 15) is 15.0 Å². The third kappa shape index (κ3) is 1.78. The van der Waals surface area contributed by atoms with Crippen LogP contribution in [0.5, 0.6) is 0 Å². The van der Waals surface area contributed by atoms with Gasteiger partial charge in [0, 0.05) is 0 Å². The predicted octanol–water partition coefficient (Wildman–Crippen LogP) is 4.16.